The van der Waals surface area contributed by atoms with Crippen molar-refractivity contribution in [3.63, 3.8) is 0 Å². The highest BCUT2D eigenvalue weighted by atomic mass is 79.9. The van der Waals surface area contributed by atoms with E-state index in [1.54, 1.807) is 7.11 Å². The third kappa shape index (κ3) is 4.01. The molecule has 0 aromatic heterocycles. The Morgan fingerprint density at radius 2 is 1.57 bits per heavy atom. The zero-order chi connectivity index (χ0) is 15.4. The molecule has 2 aromatic rings. The lowest BCUT2D eigenvalue weighted by atomic mass is 9.99. The van der Waals surface area contributed by atoms with Gasteiger partial charge < -0.3 is 10.1 Å². The van der Waals surface area contributed by atoms with Crippen molar-refractivity contribution >= 4 is 21.6 Å². The van der Waals surface area contributed by atoms with Gasteiger partial charge in [0.1, 0.15) is 5.75 Å². The van der Waals surface area contributed by atoms with Gasteiger partial charge in [0.05, 0.1) is 12.8 Å². The Morgan fingerprint density at radius 3 is 2.14 bits per heavy atom. The van der Waals surface area contributed by atoms with E-state index in [9.17, 15) is 0 Å². The number of halogens is 1. The Labute approximate surface area is 135 Å². The van der Waals surface area contributed by atoms with Crippen LogP contribution in [0.1, 0.15) is 43.9 Å². The summed E-state index contributed by atoms with van der Waals surface area (Å²) in [5, 5.41) is 3.52. The summed E-state index contributed by atoms with van der Waals surface area (Å²) in [4.78, 5) is 0. The summed E-state index contributed by atoms with van der Waals surface area (Å²) in [6.07, 6.45) is 0. The molecule has 1 N–H and O–H groups in total. The van der Waals surface area contributed by atoms with E-state index < -0.39 is 0 Å². The monoisotopic (exact) mass is 347 g/mol. The van der Waals surface area contributed by atoms with E-state index in [-0.39, 0.29) is 6.04 Å². The van der Waals surface area contributed by atoms with Gasteiger partial charge in [-0.15, -0.1) is 0 Å². The van der Waals surface area contributed by atoms with E-state index in [0.717, 1.165) is 15.9 Å². The molecule has 0 aliphatic carbocycles. The first-order valence-corrected chi connectivity index (χ1v) is 8.00. The molecular formula is C18H22BrNO. The molecule has 2 rings (SSSR count). The maximum Gasteiger partial charge on any atom is 0.121 e. The maximum atomic E-state index is 5.28. The number of hydrogen-bond acceptors (Lipinski definition) is 2. The molecule has 0 fully saturated rings. The summed E-state index contributed by atoms with van der Waals surface area (Å²) in [7, 11) is 1.68. The van der Waals surface area contributed by atoms with Crippen LogP contribution in [0, 0.1) is 0 Å². The van der Waals surface area contributed by atoms with Gasteiger partial charge in [0.2, 0.25) is 0 Å². The predicted molar refractivity (Wildman–Crippen MR) is 93.3 cm³/mol. The van der Waals surface area contributed by atoms with Crippen molar-refractivity contribution < 1.29 is 4.74 Å². The molecule has 1 unspecified atom stereocenters. The molecule has 0 aliphatic heterocycles. The minimum Gasteiger partial charge on any atom is -0.497 e. The highest BCUT2D eigenvalue weighted by Gasteiger charge is 2.09. The van der Waals surface area contributed by atoms with Crippen molar-refractivity contribution in [2.45, 2.75) is 32.7 Å². The highest BCUT2D eigenvalue weighted by Crippen LogP contribution is 2.30. The van der Waals surface area contributed by atoms with Gasteiger partial charge in [-0.2, -0.15) is 0 Å². The molecule has 0 bridgehead atoms. The van der Waals surface area contributed by atoms with Crippen LogP contribution in [0.4, 0.5) is 5.69 Å². The van der Waals surface area contributed by atoms with Crippen molar-refractivity contribution in [2.75, 3.05) is 12.4 Å². The smallest absolute Gasteiger partial charge is 0.121 e. The second-order valence-corrected chi connectivity index (χ2v) is 6.39. The quantitative estimate of drug-likeness (QED) is 0.742. The van der Waals surface area contributed by atoms with E-state index in [1.165, 1.54) is 11.1 Å². The molecule has 112 valence electrons. The molecule has 1 atom stereocenters. The summed E-state index contributed by atoms with van der Waals surface area (Å²) in [6.45, 7) is 6.59. The normalized spacial score (nSPS) is 12.3. The minimum atomic E-state index is 0.231. The summed E-state index contributed by atoms with van der Waals surface area (Å²) in [5.41, 5.74) is 3.68. The fourth-order valence-electron chi connectivity index (χ4n) is 2.23. The number of anilines is 1. The Bertz CT molecular complexity index is 593. The van der Waals surface area contributed by atoms with Crippen LogP contribution in [0.3, 0.4) is 0 Å². The molecule has 3 heteroatoms. The fourth-order valence-corrected chi connectivity index (χ4v) is 2.59. The topological polar surface area (TPSA) is 21.3 Å². The van der Waals surface area contributed by atoms with Crippen molar-refractivity contribution in [3.8, 4) is 5.75 Å². The number of hydrogen-bond donors (Lipinski definition) is 1. The van der Waals surface area contributed by atoms with Crippen molar-refractivity contribution in [2.24, 2.45) is 0 Å². The van der Waals surface area contributed by atoms with Gasteiger partial charge in [0.25, 0.3) is 0 Å². The van der Waals surface area contributed by atoms with Gasteiger partial charge >= 0.3 is 0 Å². The third-order valence-electron chi connectivity index (χ3n) is 3.65. The van der Waals surface area contributed by atoms with Crippen molar-refractivity contribution in [1.82, 2.24) is 0 Å². The van der Waals surface area contributed by atoms with Crippen LogP contribution in [0.5, 0.6) is 5.75 Å². The molecule has 2 nitrogen and oxygen atoms in total. The molecule has 0 saturated heterocycles. The average Bonchev–Trinajstić information content (AvgIpc) is 2.49. The van der Waals surface area contributed by atoms with Gasteiger partial charge in [0.15, 0.2) is 0 Å². The minimum absolute atomic E-state index is 0.231. The summed E-state index contributed by atoms with van der Waals surface area (Å²) >= 11 is 3.57. The average molecular weight is 348 g/mol. The van der Waals surface area contributed by atoms with Crippen LogP contribution < -0.4 is 10.1 Å². The maximum absolute atomic E-state index is 5.28. The largest absolute Gasteiger partial charge is 0.497 e. The second kappa shape index (κ2) is 6.99. The predicted octanol–water partition coefficient (Wildman–Crippen LogP) is 5.75. The van der Waals surface area contributed by atoms with E-state index in [0.29, 0.717) is 5.92 Å². The van der Waals surface area contributed by atoms with Crippen LogP contribution in [0.25, 0.3) is 0 Å². The summed E-state index contributed by atoms with van der Waals surface area (Å²) in [6, 6.07) is 15.0. The third-order valence-corrected chi connectivity index (χ3v) is 4.34. The van der Waals surface area contributed by atoms with Crippen LogP contribution in [-0.4, -0.2) is 7.11 Å². The molecule has 0 heterocycles. The van der Waals surface area contributed by atoms with Crippen LogP contribution in [0.2, 0.25) is 0 Å². The van der Waals surface area contributed by atoms with E-state index >= 15 is 0 Å². The number of benzene rings is 2. The molecule has 0 aliphatic rings. The lowest BCUT2D eigenvalue weighted by Crippen LogP contribution is -2.07. The lowest BCUT2D eigenvalue weighted by Gasteiger charge is -2.18. The standard InChI is InChI=1S/C18H22BrNO/c1-12(2)14-5-7-15(8-6-14)13(3)20-18-11-16(21-4)9-10-17(18)19/h5-13,20H,1-4H3. The van der Waals surface area contributed by atoms with Crippen molar-refractivity contribution in [3.05, 3.63) is 58.1 Å². The molecule has 0 saturated carbocycles. The van der Waals surface area contributed by atoms with Crippen LogP contribution in [-0.2, 0) is 0 Å². The SMILES string of the molecule is COc1ccc(Br)c(NC(C)c2ccc(C(C)C)cc2)c1. The zero-order valence-corrected chi connectivity index (χ0v) is 14.6. The Morgan fingerprint density at radius 1 is 0.952 bits per heavy atom. The van der Waals surface area contributed by atoms with Crippen LogP contribution >= 0.6 is 15.9 Å². The first kappa shape index (κ1) is 15.9. The van der Waals surface area contributed by atoms with Crippen LogP contribution in [0.15, 0.2) is 46.9 Å². The number of methoxy groups -OCH3 is 1. The Balaban J connectivity index is 2.15. The molecule has 21 heavy (non-hydrogen) atoms. The van der Waals surface area contributed by atoms with E-state index in [4.69, 9.17) is 4.74 Å². The lowest BCUT2D eigenvalue weighted by molar-refractivity contribution is 0.415. The van der Waals surface area contributed by atoms with E-state index in [1.807, 2.05) is 18.2 Å². The van der Waals surface area contributed by atoms with Gasteiger partial charge in [-0.25, -0.2) is 0 Å². The molecule has 0 radical (unpaired) electrons. The van der Waals surface area contributed by atoms with Crippen molar-refractivity contribution in [1.29, 1.82) is 0 Å². The molecule has 0 amide bonds. The summed E-state index contributed by atoms with van der Waals surface area (Å²) in [5.74, 6) is 1.41. The first-order chi connectivity index (χ1) is 10.0. The molecular weight excluding hydrogens is 326 g/mol. The van der Waals surface area contributed by atoms with E-state index in [2.05, 4.69) is 66.3 Å². The zero-order valence-electron chi connectivity index (χ0n) is 13.0. The molecule has 2 aromatic carbocycles. The van der Waals surface area contributed by atoms with Gasteiger partial charge in [-0.3, -0.25) is 0 Å². The second-order valence-electron chi connectivity index (χ2n) is 5.53. The fraction of sp³-hybridized carbons (Fsp3) is 0.333. The number of ether oxygens (including phenoxy) is 1. The highest BCUT2D eigenvalue weighted by molar-refractivity contribution is 9.10. The van der Waals surface area contributed by atoms with Gasteiger partial charge in [-0.05, 0) is 52.0 Å². The van der Waals surface area contributed by atoms with Gasteiger partial charge in [0, 0.05) is 16.6 Å². The first-order valence-electron chi connectivity index (χ1n) is 7.21. The Hall–Kier alpha value is -1.48. The summed E-state index contributed by atoms with van der Waals surface area (Å²) < 4.78 is 6.31. The van der Waals surface area contributed by atoms with Gasteiger partial charge in [-0.1, -0.05) is 38.1 Å². The number of rotatable bonds is 5. The number of nitrogens with one attached hydrogen (secondary N) is 1. The Kier molecular flexibility index (Phi) is 5.29. The molecule has 0 spiro atoms.